The van der Waals surface area contributed by atoms with Gasteiger partial charge in [-0.25, -0.2) is 4.98 Å². The fourth-order valence-corrected chi connectivity index (χ4v) is 1.22. The highest BCUT2D eigenvalue weighted by Crippen LogP contribution is 2.22. The van der Waals surface area contributed by atoms with Gasteiger partial charge in [-0.3, -0.25) is 0 Å². The smallest absolute Gasteiger partial charge is 0.181 e. The lowest BCUT2D eigenvalue weighted by Crippen LogP contribution is -1.97. The molecular formula is C10H9N2O. The van der Waals surface area contributed by atoms with Crippen molar-refractivity contribution in [3.05, 3.63) is 42.4 Å². The number of nitrogens with zero attached hydrogens (tertiary/aromatic N) is 1. The standard InChI is InChI=1S/C10H9N2O/c11-5-8-3-1-2-4-9(8)10-6-12-7-13-10/h2-4,6-7H,5,11H2. The van der Waals surface area contributed by atoms with Crippen LogP contribution in [0, 0.1) is 6.07 Å². The number of rotatable bonds is 2. The summed E-state index contributed by atoms with van der Waals surface area (Å²) in [4.78, 5) is 3.86. The second-order valence-corrected chi connectivity index (χ2v) is 2.65. The molecule has 0 unspecified atom stereocenters. The van der Waals surface area contributed by atoms with E-state index in [-0.39, 0.29) is 0 Å². The van der Waals surface area contributed by atoms with Crippen LogP contribution in [0.25, 0.3) is 11.3 Å². The molecule has 0 saturated heterocycles. The van der Waals surface area contributed by atoms with Crippen molar-refractivity contribution in [2.45, 2.75) is 6.54 Å². The van der Waals surface area contributed by atoms with E-state index < -0.39 is 0 Å². The van der Waals surface area contributed by atoms with Crippen molar-refractivity contribution in [2.75, 3.05) is 0 Å². The van der Waals surface area contributed by atoms with E-state index in [2.05, 4.69) is 11.1 Å². The van der Waals surface area contributed by atoms with Crippen LogP contribution in [0.5, 0.6) is 0 Å². The van der Waals surface area contributed by atoms with Crippen molar-refractivity contribution in [1.82, 2.24) is 4.98 Å². The van der Waals surface area contributed by atoms with Gasteiger partial charge >= 0.3 is 0 Å². The van der Waals surface area contributed by atoms with Crippen LogP contribution in [0.3, 0.4) is 0 Å². The van der Waals surface area contributed by atoms with Gasteiger partial charge in [0.2, 0.25) is 0 Å². The van der Waals surface area contributed by atoms with Crippen molar-refractivity contribution < 1.29 is 4.42 Å². The van der Waals surface area contributed by atoms with E-state index in [0.717, 1.165) is 16.9 Å². The number of hydrogen-bond acceptors (Lipinski definition) is 3. The van der Waals surface area contributed by atoms with Crippen molar-refractivity contribution in [3.63, 3.8) is 0 Å². The van der Waals surface area contributed by atoms with Gasteiger partial charge in [0.25, 0.3) is 0 Å². The Balaban J connectivity index is 2.51. The summed E-state index contributed by atoms with van der Waals surface area (Å²) in [5.74, 6) is 0.745. The van der Waals surface area contributed by atoms with Gasteiger partial charge in [-0.05, 0) is 17.7 Å². The van der Waals surface area contributed by atoms with Crippen molar-refractivity contribution >= 4 is 0 Å². The summed E-state index contributed by atoms with van der Waals surface area (Å²) in [6.45, 7) is 0.480. The molecule has 0 spiro atoms. The molecule has 0 amide bonds. The summed E-state index contributed by atoms with van der Waals surface area (Å²) in [5, 5.41) is 0. The first-order chi connectivity index (χ1) is 6.42. The normalized spacial score (nSPS) is 10.2. The van der Waals surface area contributed by atoms with Gasteiger partial charge in [-0.2, -0.15) is 0 Å². The van der Waals surface area contributed by atoms with E-state index in [1.165, 1.54) is 6.39 Å². The summed E-state index contributed by atoms with van der Waals surface area (Å²) in [6, 6.07) is 8.58. The highest BCUT2D eigenvalue weighted by atomic mass is 16.3. The molecule has 65 valence electrons. The van der Waals surface area contributed by atoms with Gasteiger partial charge in [0.05, 0.1) is 6.20 Å². The van der Waals surface area contributed by atoms with Gasteiger partial charge in [0.1, 0.15) is 0 Å². The van der Waals surface area contributed by atoms with Crippen LogP contribution < -0.4 is 5.73 Å². The molecule has 0 saturated carbocycles. The number of hydrogen-bond donors (Lipinski definition) is 1. The summed E-state index contributed by atoms with van der Waals surface area (Å²) >= 11 is 0. The van der Waals surface area contributed by atoms with Crippen molar-refractivity contribution in [3.8, 4) is 11.3 Å². The maximum Gasteiger partial charge on any atom is 0.181 e. The minimum absolute atomic E-state index is 0.480. The van der Waals surface area contributed by atoms with E-state index in [0.29, 0.717) is 6.54 Å². The first-order valence-electron chi connectivity index (χ1n) is 3.99. The first-order valence-corrected chi connectivity index (χ1v) is 3.99. The average molecular weight is 173 g/mol. The molecule has 0 bridgehead atoms. The topological polar surface area (TPSA) is 52.0 Å². The first kappa shape index (κ1) is 8.01. The zero-order valence-corrected chi connectivity index (χ0v) is 7.03. The Morgan fingerprint density at radius 1 is 1.54 bits per heavy atom. The monoisotopic (exact) mass is 173 g/mol. The van der Waals surface area contributed by atoms with Crippen LogP contribution in [0.2, 0.25) is 0 Å². The number of aromatic nitrogens is 1. The predicted molar refractivity (Wildman–Crippen MR) is 48.7 cm³/mol. The van der Waals surface area contributed by atoms with Crippen LogP contribution in [0.4, 0.5) is 0 Å². The Morgan fingerprint density at radius 2 is 2.46 bits per heavy atom. The molecule has 0 aliphatic rings. The van der Waals surface area contributed by atoms with E-state index in [1.807, 2.05) is 18.2 Å². The molecular weight excluding hydrogens is 164 g/mol. The minimum Gasteiger partial charge on any atom is -0.444 e. The van der Waals surface area contributed by atoms with E-state index in [9.17, 15) is 0 Å². The van der Waals surface area contributed by atoms with E-state index in [1.54, 1.807) is 6.20 Å². The van der Waals surface area contributed by atoms with E-state index in [4.69, 9.17) is 10.2 Å². The Hall–Kier alpha value is -1.61. The molecule has 0 aliphatic carbocycles. The minimum atomic E-state index is 0.480. The van der Waals surface area contributed by atoms with Gasteiger partial charge in [-0.15, -0.1) is 0 Å². The third-order valence-electron chi connectivity index (χ3n) is 1.87. The SMILES string of the molecule is NCc1c[c]ccc1-c1cnco1. The third-order valence-corrected chi connectivity index (χ3v) is 1.87. The zero-order chi connectivity index (χ0) is 9.10. The molecule has 1 radical (unpaired) electrons. The second kappa shape index (κ2) is 3.41. The van der Waals surface area contributed by atoms with Gasteiger partial charge < -0.3 is 10.2 Å². The van der Waals surface area contributed by atoms with Crippen LogP contribution in [-0.2, 0) is 6.54 Å². The fraction of sp³-hybridized carbons (Fsp3) is 0.100. The van der Waals surface area contributed by atoms with E-state index >= 15 is 0 Å². The van der Waals surface area contributed by atoms with Gasteiger partial charge in [0, 0.05) is 12.1 Å². The Bertz CT molecular complexity index is 382. The Labute approximate surface area is 76.2 Å². The molecule has 3 heteroatoms. The lowest BCUT2D eigenvalue weighted by Gasteiger charge is -2.02. The predicted octanol–water partition coefficient (Wildman–Crippen LogP) is 1.60. The molecule has 1 heterocycles. The molecule has 13 heavy (non-hydrogen) atoms. The zero-order valence-electron chi connectivity index (χ0n) is 7.03. The van der Waals surface area contributed by atoms with Gasteiger partial charge in [-0.1, -0.05) is 12.1 Å². The highest BCUT2D eigenvalue weighted by Gasteiger charge is 2.05. The largest absolute Gasteiger partial charge is 0.444 e. The summed E-state index contributed by atoms with van der Waals surface area (Å²) in [7, 11) is 0. The molecule has 2 N–H and O–H groups in total. The molecule has 2 aromatic rings. The summed E-state index contributed by atoms with van der Waals surface area (Å²) in [5.41, 5.74) is 7.57. The molecule has 0 aliphatic heterocycles. The average Bonchev–Trinajstić information content (AvgIpc) is 2.70. The Morgan fingerprint density at radius 3 is 3.15 bits per heavy atom. The van der Waals surface area contributed by atoms with Crippen molar-refractivity contribution in [2.24, 2.45) is 5.73 Å². The quantitative estimate of drug-likeness (QED) is 0.750. The molecule has 2 rings (SSSR count). The number of nitrogens with two attached hydrogens (primary N) is 1. The molecule has 3 nitrogen and oxygen atoms in total. The second-order valence-electron chi connectivity index (χ2n) is 2.65. The number of oxazole rings is 1. The lowest BCUT2D eigenvalue weighted by atomic mass is 10.1. The van der Waals surface area contributed by atoms with Crippen LogP contribution in [0.15, 0.2) is 35.2 Å². The highest BCUT2D eigenvalue weighted by molar-refractivity contribution is 5.60. The molecule has 0 fully saturated rings. The number of benzene rings is 1. The summed E-state index contributed by atoms with van der Waals surface area (Å²) < 4.78 is 5.18. The molecule has 0 atom stereocenters. The maximum atomic E-state index is 5.57. The molecule has 1 aromatic carbocycles. The molecule has 1 aromatic heterocycles. The summed E-state index contributed by atoms with van der Waals surface area (Å²) in [6.07, 6.45) is 3.08. The lowest BCUT2D eigenvalue weighted by molar-refractivity contribution is 0.571. The van der Waals surface area contributed by atoms with Crippen LogP contribution in [0.1, 0.15) is 5.56 Å². The van der Waals surface area contributed by atoms with Crippen molar-refractivity contribution in [1.29, 1.82) is 0 Å². The van der Waals surface area contributed by atoms with Gasteiger partial charge in [0.15, 0.2) is 12.2 Å². The van der Waals surface area contributed by atoms with Crippen LogP contribution in [-0.4, -0.2) is 4.98 Å². The van der Waals surface area contributed by atoms with Crippen LogP contribution >= 0.6 is 0 Å². The maximum absolute atomic E-state index is 5.57. The Kier molecular flexibility index (Phi) is 2.10. The fourth-order valence-electron chi connectivity index (χ4n) is 1.22. The third kappa shape index (κ3) is 1.46.